The Morgan fingerprint density at radius 1 is 0.818 bits per heavy atom. The molecule has 0 amide bonds. The van der Waals surface area contributed by atoms with E-state index >= 15 is 0 Å². The number of halogens is 1. The summed E-state index contributed by atoms with van der Waals surface area (Å²) in [5, 5.41) is 29.5. The fraction of sp³-hybridized carbons (Fsp3) is 0. The zero-order valence-corrected chi connectivity index (χ0v) is 12.5. The molecule has 1 radical (unpaired) electrons. The van der Waals surface area contributed by atoms with E-state index < -0.39 is 10.2 Å². The first-order valence-electron chi connectivity index (χ1n) is 1.10. The fourth-order valence-electron chi connectivity index (χ4n) is 0. The number of rotatable bonds is 0. The summed E-state index contributed by atoms with van der Waals surface area (Å²) in [5.74, 6) is 0. The maximum Gasteiger partial charge on any atom is 3.00 e. The molecule has 0 fully saturated rings. The minimum atomic E-state index is -1.75. The molecule has 0 aromatic rings. The van der Waals surface area contributed by atoms with Crippen LogP contribution in [0.1, 0.15) is 0 Å². The first kappa shape index (κ1) is 29.4. The van der Waals surface area contributed by atoms with Crippen molar-refractivity contribution < 1.29 is 105 Å². The van der Waals surface area contributed by atoms with E-state index in [1.165, 1.54) is 0 Å². The van der Waals surface area contributed by atoms with Gasteiger partial charge in [0.2, 0.25) is 0 Å². The summed E-state index contributed by atoms with van der Waals surface area (Å²) in [6.45, 7) is 0. The third kappa shape index (κ3) is 511. The van der Waals surface area contributed by atoms with Gasteiger partial charge in [0, 0.05) is 0 Å². The topological polar surface area (TPSA) is 132 Å². The molecule has 0 aromatic heterocycles. The van der Waals surface area contributed by atoms with Gasteiger partial charge < -0.3 is 43.1 Å². The third-order valence-electron chi connectivity index (χ3n) is 0. The first-order valence-corrected chi connectivity index (χ1v) is 1.10. The molecule has 11 heteroatoms. The van der Waals surface area contributed by atoms with Crippen LogP contribution in [0.3, 0.4) is 0 Å². The normalized spacial score (nSPS) is 4.36. The average Bonchev–Trinajstić information content (AvgIpc) is 1.25. The van der Waals surface area contributed by atoms with E-state index in [-0.39, 0.29) is 94.5 Å². The molecule has 0 bridgehead atoms. The van der Waals surface area contributed by atoms with Gasteiger partial charge in [-0.2, -0.15) is 0 Å². The second-order valence-electron chi connectivity index (χ2n) is 0.447. The molecule has 0 spiro atoms. The molecule has 0 saturated heterocycles. The van der Waals surface area contributed by atoms with E-state index in [1.54, 1.807) is 0 Å². The van der Waals surface area contributed by atoms with Crippen LogP contribution in [0.2, 0.25) is 0 Å². The molecule has 0 aromatic carbocycles. The van der Waals surface area contributed by atoms with E-state index in [1.807, 2.05) is 0 Å². The van der Waals surface area contributed by atoms with Crippen molar-refractivity contribution in [2.75, 3.05) is 0 Å². The van der Waals surface area contributed by atoms with Crippen LogP contribution in [-0.4, -0.2) is 10.2 Å². The summed E-state index contributed by atoms with van der Waals surface area (Å²) in [7, 11) is 0. The minimum absolute atomic E-state index is 0. The Kier molecular flexibility index (Phi) is 60.2. The van der Waals surface area contributed by atoms with Crippen molar-refractivity contribution in [2.45, 2.75) is 0 Å². The van der Waals surface area contributed by atoms with Crippen molar-refractivity contribution in [3.63, 3.8) is 0 Å². The molecule has 11 heavy (non-hydrogen) atoms. The Morgan fingerprint density at radius 3 is 0.818 bits per heavy atom. The first-order chi connectivity index (χ1) is 3.46. The summed E-state index contributed by atoms with van der Waals surface area (Å²) < 4.78 is 0. The largest absolute Gasteiger partial charge is 3.00 e. The predicted octanol–water partition coefficient (Wildman–Crippen LogP) is -3.47. The van der Waals surface area contributed by atoms with Crippen LogP contribution in [0.25, 0.3) is 0 Å². The van der Waals surface area contributed by atoms with Gasteiger partial charge in [0.1, 0.15) is 0 Å². The SMILES string of the molecule is O=[N+]([O-])[O-].O=[N+]([O-])[O-].[Cl-].[Nd+3].[Pr+3]. The maximum absolute atomic E-state index is 8.25. The molecule has 57 valence electrons. The zero-order chi connectivity index (χ0) is 7.15. The van der Waals surface area contributed by atoms with Gasteiger partial charge in [-0.3, -0.25) is 0 Å². The van der Waals surface area contributed by atoms with Crippen molar-refractivity contribution in [2.24, 2.45) is 0 Å². The predicted molar refractivity (Wildman–Crippen MR) is 20.7 cm³/mol. The Balaban J connectivity index is -0.0000000171. The van der Waals surface area contributed by atoms with E-state index in [4.69, 9.17) is 30.6 Å². The maximum atomic E-state index is 8.25. The molecule has 0 heterocycles. The molecule has 0 rings (SSSR count). The summed E-state index contributed by atoms with van der Waals surface area (Å²) in [6.07, 6.45) is 0. The van der Waals surface area contributed by atoms with Crippen LogP contribution < -0.4 is 12.4 Å². The molecule has 0 aliphatic rings. The van der Waals surface area contributed by atoms with Gasteiger partial charge >= 0.3 is 82.1 Å². The Morgan fingerprint density at radius 2 is 0.818 bits per heavy atom. The standard InChI is InChI=1S/ClH.2NO3.Nd.Pr/c;2*2-1(3)4;;/h1H;;;;/q;2*-1;2*+3/p-1. The molecule has 0 N–H and O–H groups in total. The summed E-state index contributed by atoms with van der Waals surface area (Å²) in [5.41, 5.74) is 0. The van der Waals surface area contributed by atoms with Gasteiger partial charge in [-0.25, -0.2) is 0 Å². The minimum Gasteiger partial charge on any atom is -1.00 e. The van der Waals surface area contributed by atoms with E-state index in [0.29, 0.717) is 0 Å². The molecule has 8 nitrogen and oxygen atoms in total. The third-order valence-corrected chi connectivity index (χ3v) is 0. The number of hydrogen-bond acceptors (Lipinski definition) is 6. The van der Waals surface area contributed by atoms with Gasteiger partial charge in [-0.15, -0.1) is 0 Å². The van der Waals surface area contributed by atoms with Crippen molar-refractivity contribution >= 4 is 0 Å². The molecule has 0 aliphatic heterocycles. The van der Waals surface area contributed by atoms with Crippen molar-refractivity contribution in [1.29, 1.82) is 0 Å². The van der Waals surface area contributed by atoms with Crippen LogP contribution in [0.15, 0.2) is 0 Å². The van der Waals surface area contributed by atoms with Crippen LogP contribution in [0.5, 0.6) is 0 Å². The van der Waals surface area contributed by atoms with Crippen LogP contribution in [0.4, 0.5) is 0 Å². The molecule has 0 aliphatic carbocycles. The van der Waals surface area contributed by atoms with E-state index in [9.17, 15) is 0 Å². The van der Waals surface area contributed by atoms with E-state index in [2.05, 4.69) is 0 Å². The summed E-state index contributed by atoms with van der Waals surface area (Å²) >= 11 is 0. The van der Waals surface area contributed by atoms with Gasteiger partial charge in [0.25, 0.3) is 0 Å². The second-order valence-corrected chi connectivity index (χ2v) is 0.447. The van der Waals surface area contributed by atoms with Gasteiger partial charge in [0.05, 0.1) is 10.2 Å². The van der Waals surface area contributed by atoms with Crippen molar-refractivity contribution in [3.8, 4) is 0 Å². The Labute approximate surface area is 133 Å². The second kappa shape index (κ2) is 22.5. The van der Waals surface area contributed by atoms with Crippen LogP contribution in [-0.2, 0) is 0 Å². The monoisotopic (exact) mass is 442 g/mol. The van der Waals surface area contributed by atoms with Gasteiger partial charge in [-0.05, 0) is 0 Å². The molecule has 0 atom stereocenters. The smallest absolute Gasteiger partial charge is 1.00 e. The Bertz CT molecular complexity index is 78.6. The summed E-state index contributed by atoms with van der Waals surface area (Å²) in [6, 6.07) is 0. The van der Waals surface area contributed by atoms with E-state index in [0.717, 1.165) is 0 Å². The number of nitrogens with zero attached hydrogens (tertiary/aromatic N) is 2. The zero-order valence-electron chi connectivity index (χ0n) is 4.80. The summed E-state index contributed by atoms with van der Waals surface area (Å²) in [4.78, 5) is 16.5. The van der Waals surface area contributed by atoms with Crippen molar-refractivity contribution in [3.05, 3.63) is 30.6 Å². The number of hydrogen-bond donors (Lipinski definition) is 0. The van der Waals surface area contributed by atoms with Gasteiger partial charge in [0.15, 0.2) is 0 Å². The average molecular weight is 445 g/mol. The van der Waals surface area contributed by atoms with Gasteiger partial charge in [-0.1, -0.05) is 0 Å². The fourth-order valence-corrected chi connectivity index (χ4v) is 0. The van der Waals surface area contributed by atoms with Crippen LogP contribution >= 0.6 is 0 Å². The molecule has 0 saturated carbocycles. The quantitative estimate of drug-likeness (QED) is 0.282. The molecular weight excluding hydrogens is 445 g/mol. The molecular formula is ClN2NdO6Pr+3. The van der Waals surface area contributed by atoms with Crippen molar-refractivity contribution in [1.82, 2.24) is 0 Å². The molecule has 0 unspecified atom stereocenters. The van der Waals surface area contributed by atoms with Crippen LogP contribution in [0, 0.1) is 113 Å². The Hall–Kier alpha value is 1.40.